The van der Waals surface area contributed by atoms with E-state index in [1.807, 2.05) is 0 Å². The van der Waals surface area contributed by atoms with Gasteiger partial charge in [-0.05, 0) is 18.8 Å². The molecule has 0 spiro atoms. The average Bonchev–Trinajstić information content (AvgIpc) is 2.95. The zero-order chi connectivity index (χ0) is 12.0. The maximum atomic E-state index is 4.68. The molecule has 0 bridgehead atoms. The fourth-order valence-electron chi connectivity index (χ4n) is 3.00. The van der Waals surface area contributed by atoms with E-state index in [0.29, 0.717) is 12.0 Å². The fraction of sp³-hybridized carbons (Fsp3) is 0.833. The number of rotatable bonds is 2. The number of anilines is 1. The molecule has 2 saturated heterocycles. The molecular weight excluding hydrogens is 232 g/mol. The van der Waals surface area contributed by atoms with Gasteiger partial charge in [0, 0.05) is 43.1 Å². The number of nitrogens with one attached hydrogen (secondary N) is 1. The van der Waals surface area contributed by atoms with Gasteiger partial charge < -0.3 is 10.2 Å². The topological polar surface area (TPSA) is 41.1 Å². The molecule has 0 radical (unpaired) electrons. The van der Waals surface area contributed by atoms with E-state index < -0.39 is 0 Å². The van der Waals surface area contributed by atoms with Crippen LogP contribution in [-0.4, -0.2) is 35.0 Å². The van der Waals surface area contributed by atoms with E-state index in [1.165, 1.54) is 6.54 Å². The van der Waals surface area contributed by atoms with Crippen molar-refractivity contribution in [2.45, 2.75) is 32.7 Å². The second-order valence-corrected chi connectivity index (χ2v) is 6.30. The van der Waals surface area contributed by atoms with Crippen LogP contribution in [0, 0.1) is 11.8 Å². The Balaban J connectivity index is 1.80. The summed E-state index contributed by atoms with van der Waals surface area (Å²) in [5.41, 5.74) is 0. The largest absolute Gasteiger partial charge is 0.343 e. The zero-order valence-electron chi connectivity index (χ0n) is 10.7. The molecule has 2 aliphatic rings. The first kappa shape index (κ1) is 11.4. The highest BCUT2D eigenvalue weighted by atomic mass is 32.1. The summed E-state index contributed by atoms with van der Waals surface area (Å²) in [6.45, 7) is 10.1. The summed E-state index contributed by atoms with van der Waals surface area (Å²) in [5.74, 6) is 3.02. The lowest BCUT2D eigenvalue weighted by atomic mass is 9.95. The molecular formula is C12H20N4S. The lowest BCUT2D eigenvalue weighted by Gasteiger charge is -2.23. The lowest BCUT2D eigenvalue weighted by molar-refractivity contribution is 0.471. The summed E-state index contributed by atoms with van der Waals surface area (Å²) >= 11 is 1.56. The second-order valence-electron chi connectivity index (χ2n) is 5.56. The van der Waals surface area contributed by atoms with Crippen LogP contribution in [0.1, 0.15) is 32.5 Å². The van der Waals surface area contributed by atoms with Crippen LogP contribution in [0.5, 0.6) is 0 Å². The van der Waals surface area contributed by atoms with Crippen molar-refractivity contribution in [2.24, 2.45) is 11.8 Å². The highest BCUT2D eigenvalue weighted by Gasteiger charge is 2.42. The minimum atomic E-state index is 0.430. The van der Waals surface area contributed by atoms with Crippen LogP contribution in [0.15, 0.2) is 0 Å². The molecule has 2 aliphatic heterocycles. The van der Waals surface area contributed by atoms with E-state index in [9.17, 15) is 0 Å². The Hall–Kier alpha value is -0.680. The molecule has 2 fully saturated rings. The third kappa shape index (κ3) is 1.85. The SMILES string of the molecule is CC(C)c1nsc(N2CC3CNCC3C2C)n1. The maximum Gasteiger partial charge on any atom is 0.205 e. The van der Waals surface area contributed by atoms with Gasteiger partial charge in [-0.25, -0.2) is 4.98 Å². The van der Waals surface area contributed by atoms with Gasteiger partial charge in [0.05, 0.1) is 0 Å². The monoisotopic (exact) mass is 252 g/mol. The molecule has 0 amide bonds. The molecule has 3 heterocycles. The van der Waals surface area contributed by atoms with Gasteiger partial charge in [-0.1, -0.05) is 13.8 Å². The summed E-state index contributed by atoms with van der Waals surface area (Å²) in [6.07, 6.45) is 0. The molecule has 4 nitrogen and oxygen atoms in total. The van der Waals surface area contributed by atoms with Crippen LogP contribution < -0.4 is 10.2 Å². The predicted octanol–water partition coefficient (Wildman–Crippen LogP) is 1.71. The van der Waals surface area contributed by atoms with Crippen LogP contribution >= 0.6 is 11.5 Å². The first-order valence-corrected chi connectivity index (χ1v) is 7.25. The van der Waals surface area contributed by atoms with Gasteiger partial charge in [-0.3, -0.25) is 0 Å². The van der Waals surface area contributed by atoms with Crippen molar-refractivity contribution in [3.05, 3.63) is 5.82 Å². The molecule has 1 aromatic heterocycles. The molecule has 3 atom stereocenters. The van der Waals surface area contributed by atoms with Gasteiger partial charge in [0.2, 0.25) is 5.13 Å². The van der Waals surface area contributed by atoms with Crippen molar-refractivity contribution in [3.63, 3.8) is 0 Å². The number of aromatic nitrogens is 2. The molecule has 0 aliphatic carbocycles. The highest BCUT2D eigenvalue weighted by molar-refractivity contribution is 7.09. The number of nitrogens with zero attached hydrogens (tertiary/aromatic N) is 3. The molecule has 0 aromatic carbocycles. The number of hydrogen-bond donors (Lipinski definition) is 1. The first-order chi connectivity index (χ1) is 8.16. The Kier molecular flexibility index (Phi) is 2.83. The van der Waals surface area contributed by atoms with Crippen molar-refractivity contribution in [2.75, 3.05) is 24.5 Å². The molecule has 1 N–H and O–H groups in total. The minimum Gasteiger partial charge on any atom is -0.343 e. The molecule has 0 saturated carbocycles. The van der Waals surface area contributed by atoms with Crippen molar-refractivity contribution < 1.29 is 0 Å². The third-order valence-electron chi connectivity index (χ3n) is 4.13. The Morgan fingerprint density at radius 3 is 2.88 bits per heavy atom. The Morgan fingerprint density at radius 2 is 2.24 bits per heavy atom. The summed E-state index contributed by atoms with van der Waals surface area (Å²) < 4.78 is 4.46. The Labute approximate surface area is 107 Å². The van der Waals surface area contributed by atoms with Crippen molar-refractivity contribution >= 4 is 16.7 Å². The van der Waals surface area contributed by atoms with Gasteiger partial charge in [0.25, 0.3) is 0 Å². The summed E-state index contributed by atoms with van der Waals surface area (Å²) in [6, 6.07) is 0.600. The normalized spacial score (nSPS) is 32.5. The molecule has 3 rings (SSSR count). The van der Waals surface area contributed by atoms with Gasteiger partial charge in [-0.15, -0.1) is 0 Å². The first-order valence-electron chi connectivity index (χ1n) is 6.47. The molecule has 17 heavy (non-hydrogen) atoms. The van der Waals surface area contributed by atoms with Crippen molar-refractivity contribution in [1.82, 2.24) is 14.7 Å². The standard InChI is InChI=1S/C12H20N4S/c1-7(2)11-14-12(17-15-11)16-6-9-4-13-5-10(9)8(16)3/h7-10,13H,4-6H2,1-3H3. The van der Waals surface area contributed by atoms with Crippen LogP contribution in [0.3, 0.4) is 0 Å². The predicted molar refractivity (Wildman–Crippen MR) is 70.7 cm³/mol. The molecule has 3 unspecified atom stereocenters. The molecule has 1 aromatic rings. The summed E-state index contributed by atoms with van der Waals surface area (Å²) in [7, 11) is 0. The fourth-order valence-corrected chi connectivity index (χ4v) is 3.90. The zero-order valence-corrected chi connectivity index (χ0v) is 11.5. The van der Waals surface area contributed by atoms with E-state index in [4.69, 9.17) is 0 Å². The van der Waals surface area contributed by atoms with E-state index in [0.717, 1.165) is 35.9 Å². The van der Waals surface area contributed by atoms with Crippen LogP contribution in [-0.2, 0) is 0 Å². The van der Waals surface area contributed by atoms with E-state index >= 15 is 0 Å². The summed E-state index contributed by atoms with van der Waals surface area (Å²) in [4.78, 5) is 7.14. The smallest absolute Gasteiger partial charge is 0.205 e. The van der Waals surface area contributed by atoms with Crippen molar-refractivity contribution in [3.8, 4) is 0 Å². The van der Waals surface area contributed by atoms with E-state index in [2.05, 4.69) is 40.3 Å². The molecule has 94 valence electrons. The lowest BCUT2D eigenvalue weighted by Crippen LogP contribution is -2.33. The average molecular weight is 252 g/mol. The number of hydrogen-bond acceptors (Lipinski definition) is 5. The number of fused-ring (bicyclic) bond motifs is 1. The maximum absolute atomic E-state index is 4.68. The van der Waals surface area contributed by atoms with Gasteiger partial charge >= 0.3 is 0 Å². The third-order valence-corrected chi connectivity index (χ3v) is 4.90. The van der Waals surface area contributed by atoms with Crippen LogP contribution in [0.25, 0.3) is 0 Å². The van der Waals surface area contributed by atoms with Crippen molar-refractivity contribution in [1.29, 1.82) is 0 Å². The van der Waals surface area contributed by atoms with Crippen LogP contribution in [0.2, 0.25) is 0 Å². The molecule has 5 heteroatoms. The highest BCUT2D eigenvalue weighted by Crippen LogP contribution is 2.36. The van der Waals surface area contributed by atoms with Crippen LogP contribution in [0.4, 0.5) is 5.13 Å². The van der Waals surface area contributed by atoms with E-state index in [-0.39, 0.29) is 0 Å². The minimum absolute atomic E-state index is 0.430. The van der Waals surface area contributed by atoms with Gasteiger partial charge in [-0.2, -0.15) is 4.37 Å². The second kappa shape index (κ2) is 4.21. The van der Waals surface area contributed by atoms with Gasteiger partial charge in [0.15, 0.2) is 0 Å². The van der Waals surface area contributed by atoms with E-state index in [1.54, 1.807) is 11.5 Å². The quantitative estimate of drug-likeness (QED) is 0.870. The summed E-state index contributed by atoms with van der Waals surface area (Å²) in [5, 5.41) is 4.61. The Morgan fingerprint density at radius 1 is 1.41 bits per heavy atom. The Bertz CT molecular complexity index is 403. The van der Waals surface area contributed by atoms with Gasteiger partial charge in [0.1, 0.15) is 5.82 Å².